The van der Waals surface area contributed by atoms with Crippen LogP contribution in [0, 0.1) is 11.8 Å². The summed E-state index contributed by atoms with van der Waals surface area (Å²) in [5, 5.41) is 11.7. The Morgan fingerprint density at radius 1 is 1.21 bits per heavy atom. The predicted octanol–water partition coefficient (Wildman–Crippen LogP) is 5.01. The highest BCUT2D eigenvalue weighted by molar-refractivity contribution is 7.10. The molecule has 1 saturated heterocycles. The van der Waals surface area contributed by atoms with E-state index in [9.17, 15) is 32.7 Å². The maximum absolute atomic E-state index is 13.7. The SMILES string of the molecule is COC(=O)[C@]1(CC(C)C)C[C@H](C(=O)O)[C@H](c2cccs2)N1C(=O)c1ccc(C(F)(F)F)cc1. The normalized spacial score (nSPS) is 23.1. The van der Waals surface area contributed by atoms with E-state index in [-0.39, 0.29) is 24.3 Å². The molecule has 178 valence electrons. The van der Waals surface area contributed by atoms with Gasteiger partial charge in [-0.15, -0.1) is 11.3 Å². The molecule has 1 aliphatic rings. The zero-order valence-corrected chi connectivity index (χ0v) is 19.1. The third kappa shape index (κ3) is 4.62. The highest BCUT2D eigenvalue weighted by atomic mass is 32.1. The minimum absolute atomic E-state index is 0.0763. The number of amides is 1. The molecule has 1 aromatic carbocycles. The van der Waals surface area contributed by atoms with Crippen LogP contribution in [-0.2, 0) is 20.5 Å². The average molecular weight is 484 g/mol. The number of aliphatic carboxylic acids is 1. The summed E-state index contributed by atoms with van der Waals surface area (Å²) in [5.74, 6) is -3.85. The first-order valence-electron chi connectivity index (χ1n) is 10.3. The van der Waals surface area contributed by atoms with Crippen LogP contribution < -0.4 is 0 Å². The zero-order chi connectivity index (χ0) is 24.6. The van der Waals surface area contributed by atoms with Crippen molar-refractivity contribution in [2.45, 2.75) is 44.4 Å². The highest BCUT2D eigenvalue weighted by Gasteiger charge is 2.61. The fourth-order valence-corrected chi connectivity index (χ4v) is 5.48. The van der Waals surface area contributed by atoms with E-state index in [1.165, 1.54) is 23.3 Å². The molecule has 0 saturated carbocycles. The second-order valence-corrected chi connectivity index (χ2v) is 9.46. The van der Waals surface area contributed by atoms with Crippen molar-refractivity contribution in [2.24, 2.45) is 11.8 Å². The summed E-state index contributed by atoms with van der Waals surface area (Å²) < 4.78 is 44.1. The molecular weight excluding hydrogens is 459 g/mol. The van der Waals surface area contributed by atoms with Crippen LogP contribution in [0.4, 0.5) is 13.2 Å². The standard InChI is InChI=1S/C23H24F3NO5S/c1-13(2)11-22(21(31)32-3)12-16(20(29)30)18(17-5-4-10-33-17)27(22)19(28)14-6-8-15(9-7-14)23(24,25)26/h4-10,13,16,18H,11-12H2,1-3H3,(H,29,30)/t16-,18+,22-/m0/s1. The number of alkyl halides is 3. The van der Waals surface area contributed by atoms with E-state index in [4.69, 9.17) is 4.74 Å². The molecule has 33 heavy (non-hydrogen) atoms. The number of esters is 1. The number of rotatable bonds is 6. The van der Waals surface area contributed by atoms with Gasteiger partial charge in [0.05, 0.1) is 24.6 Å². The van der Waals surface area contributed by atoms with Gasteiger partial charge in [0.1, 0.15) is 5.54 Å². The number of carboxylic acids is 1. The Hall–Kier alpha value is -2.88. The maximum atomic E-state index is 13.7. The number of carbonyl (C=O) groups excluding carboxylic acids is 2. The monoisotopic (exact) mass is 483 g/mol. The van der Waals surface area contributed by atoms with E-state index in [1.54, 1.807) is 17.5 Å². The minimum Gasteiger partial charge on any atom is -0.481 e. The summed E-state index contributed by atoms with van der Waals surface area (Å²) >= 11 is 1.24. The minimum atomic E-state index is -4.57. The molecule has 10 heteroatoms. The van der Waals surface area contributed by atoms with Gasteiger partial charge in [0.25, 0.3) is 5.91 Å². The number of ether oxygens (including phenoxy) is 1. The smallest absolute Gasteiger partial charge is 0.416 e. The van der Waals surface area contributed by atoms with Crippen molar-refractivity contribution >= 4 is 29.2 Å². The van der Waals surface area contributed by atoms with Gasteiger partial charge in [-0.05, 0) is 54.5 Å². The highest BCUT2D eigenvalue weighted by Crippen LogP contribution is 2.51. The predicted molar refractivity (Wildman–Crippen MR) is 115 cm³/mol. The van der Waals surface area contributed by atoms with Gasteiger partial charge < -0.3 is 14.7 Å². The number of hydrogen-bond acceptors (Lipinski definition) is 5. The molecule has 0 unspecified atom stereocenters. The zero-order valence-electron chi connectivity index (χ0n) is 18.3. The number of carboxylic acid groups (broad SMARTS) is 1. The number of likely N-dealkylation sites (tertiary alicyclic amines) is 1. The molecule has 1 aliphatic heterocycles. The van der Waals surface area contributed by atoms with Crippen LogP contribution in [0.5, 0.6) is 0 Å². The molecule has 0 spiro atoms. The van der Waals surface area contributed by atoms with Crippen molar-refractivity contribution in [3.05, 3.63) is 57.8 Å². The number of thiophene rings is 1. The Kier molecular flexibility index (Phi) is 6.88. The van der Waals surface area contributed by atoms with Gasteiger partial charge in [-0.2, -0.15) is 13.2 Å². The van der Waals surface area contributed by atoms with Gasteiger partial charge in [-0.3, -0.25) is 9.59 Å². The molecule has 1 amide bonds. The van der Waals surface area contributed by atoms with Crippen molar-refractivity contribution in [1.29, 1.82) is 0 Å². The first-order valence-corrected chi connectivity index (χ1v) is 11.2. The third-order valence-electron chi connectivity index (χ3n) is 5.82. The fraction of sp³-hybridized carbons (Fsp3) is 0.435. The van der Waals surface area contributed by atoms with E-state index < -0.39 is 47.1 Å². The van der Waals surface area contributed by atoms with Crippen LogP contribution >= 0.6 is 11.3 Å². The first-order chi connectivity index (χ1) is 15.4. The van der Waals surface area contributed by atoms with E-state index in [2.05, 4.69) is 0 Å². The molecule has 3 rings (SSSR count). The number of hydrogen-bond donors (Lipinski definition) is 1. The third-order valence-corrected chi connectivity index (χ3v) is 6.76. The average Bonchev–Trinajstić information content (AvgIpc) is 3.38. The summed E-state index contributed by atoms with van der Waals surface area (Å²) in [6, 6.07) is 6.09. The molecule has 1 fully saturated rings. The molecule has 6 nitrogen and oxygen atoms in total. The van der Waals surface area contributed by atoms with E-state index in [0.717, 1.165) is 24.3 Å². The van der Waals surface area contributed by atoms with Crippen LogP contribution in [0.3, 0.4) is 0 Å². The van der Waals surface area contributed by atoms with Crippen LogP contribution in [0.15, 0.2) is 41.8 Å². The molecule has 0 aliphatic carbocycles. The summed E-state index contributed by atoms with van der Waals surface area (Å²) in [6.07, 6.45) is -4.60. The van der Waals surface area contributed by atoms with Crippen LogP contribution in [-0.4, -0.2) is 40.5 Å². The Balaban J connectivity index is 2.19. The Bertz CT molecular complexity index is 1020. The summed E-state index contributed by atoms with van der Waals surface area (Å²) in [4.78, 5) is 40.9. The van der Waals surface area contributed by atoms with E-state index in [1.807, 2.05) is 13.8 Å². The largest absolute Gasteiger partial charge is 0.481 e. The van der Waals surface area contributed by atoms with Crippen LogP contribution in [0.2, 0.25) is 0 Å². The van der Waals surface area contributed by atoms with Gasteiger partial charge in [0.15, 0.2) is 0 Å². The molecule has 3 atom stereocenters. The summed E-state index contributed by atoms with van der Waals surface area (Å²) in [7, 11) is 1.17. The second kappa shape index (κ2) is 9.17. The maximum Gasteiger partial charge on any atom is 0.416 e. The van der Waals surface area contributed by atoms with Gasteiger partial charge >= 0.3 is 18.1 Å². The lowest BCUT2D eigenvalue weighted by molar-refractivity contribution is -0.154. The molecule has 1 N–H and O–H groups in total. The van der Waals surface area contributed by atoms with Crippen LogP contribution in [0.25, 0.3) is 0 Å². The number of methoxy groups -OCH3 is 1. The van der Waals surface area contributed by atoms with E-state index in [0.29, 0.717) is 4.88 Å². The van der Waals surface area contributed by atoms with Crippen molar-refractivity contribution < 1.29 is 37.4 Å². The lowest BCUT2D eigenvalue weighted by Gasteiger charge is -2.39. The lowest BCUT2D eigenvalue weighted by Crippen LogP contribution is -2.55. The summed E-state index contributed by atoms with van der Waals surface area (Å²) in [6.45, 7) is 3.67. The Morgan fingerprint density at radius 2 is 1.85 bits per heavy atom. The Morgan fingerprint density at radius 3 is 2.30 bits per heavy atom. The van der Waals surface area contributed by atoms with Crippen molar-refractivity contribution in [1.82, 2.24) is 4.90 Å². The van der Waals surface area contributed by atoms with Crippen LogP contribution in [0.1, 0.15) is 53.5 Å². The van der Waals surface area contributed by atoms with Gasteiger partial charge in [-0.25, -0.2) is 4.79 Å². The van der Waals surface area contributed by atoms with Gasteiger partial charge in [0.2, 0.25) is 0 Å². The van der Waals surface area contributed by atoms with Crippen molar-refractivity contribution in [2.75, 3.05) is 7.11 Å². The molecule has 0 radical (unpaired) electrons. The topological polar surface area (TPSA) is 83.9 Å². The molecular formula is C23H24F3NO5S. The number of nitrogens with zero attached hydrogens (tertiary/aromatic N) is 1. The second-order valence-electron chi connectivity index (χ2n) is 8.48. The fourth-order valence-electron chi connectivity index (χ4n) is 4.60. The number of carbonyl (C=O) groups is 3. The number of benzene rings is 1. The number of halogens is 3. The molecule has 2 aromatic rings. The molecule has 2 heterocycles. The Labute approximate surface area is 193 Å². The van der Waals surface area contributed by atoms with Gasteiger partial charge in [-0.1, -0.05) is 19.9 Å². The van der Waals surface area contributed by atoms with Crippen molar-refractivity contribution in [3.8, 4) is 0 Å². The van der Waals surface area contributed by atoms with E-state index >= 15 is 0 Å². The lowest BCUT2D eigenvalue weighted by atomic mass is 9.83. The first kappa shape index (κ1) is 24.8. The van der Waals surface area contributed by atoms with Gasteiger partial charge in [0, 0.05) is 10.4 Å². The summed E-state index contributed by atoms with van der Waals surface area (Å²) in [5.41, 5.74) is -2.58. The quantitative estimate of drug-likeness (QED) is 0.584. The van der Waals surface area contributed by atoms with Crippen molar-refractivity contribution in [3.63, 3.8) is 0 Å². The molecule has 1 aromatic heterocycles. The molecule has 0 bridgehead atoms.